The fourth-order valence-electron chi connectivity index (χ4n) is 2.20. The molecule has 2 unspecified atom stereocenters. The fraction of sp³-hybridized carbons (Fsp3) is 0.533. The van der Waals surface area contributed by atoms with Gasteiger partial charge >= 0.3 is 5.97 Å². The molecule has 0 aliphatic heterocycles. The number of carbonyl (C=O) groups is 1. The largest absolute Gasteiger partial charge is 0.496 e. The van der Waals surface area contributed by atoms with Crippen molar-refractivity contribution < 1.29 is 24.9 Å². The number of methoxy groups -OCH3 is 1. The Morgan fingerprint density at radius 2 is 2.14 bits per heavy atom. The third-order valence-corrected chi connectivity index (χ3v) is 3.27. The van der Waals surface area contributed by atoms with Gasteiger partial charge in [0.05, 0.1) is 19.8 Å². The van der Waals surface area contributed by atoms with Gasteiger partial charge in [-0.2, -0.15) is 0 Å². The lowest BCUT2D eigenvalue weighted by molar-refractivity contribution is -0.137. The van der Waals surface area contributed by atoms with E-state index in [1.807, 2.05) is 19.1 Å². The molecule has 6 nitrogen and oxygen atoms in total. The quantitative estimate of drug-likeness (QED) is 0.539. The number of aliphatic hydroxyl groups is 2. The molecule has 0 radical (unpaired) electrons. The first-order chi connectivity index (χ1) is 9.99. The van der Waals surface area contributed by atoms with Crippen LogP contribution in [0, 0.1) is 6.92 Å². The molecule has 0 heterocycles. The Morgan fingerprint density at radius 3 is 2.71 bits per heavy atom. The van der Waals surface area contributed by atoms with Gasteiger partial charge in [-0.1, -0.05) is 11.6 Å². The van der Waals surface area contributed by atoms with E-state index in [0.717, 1.165) is 5.56 Å². The summed E-state index contributed by atoms with van der Waals surface area (Å²) >= 11 is 0. The molecule has 6 heteroatoms. The third-order valence-electron chi connectivity index (χ3n) is 3.27. The molecule has 0 bridgehead atoms. The van der Waals surface area contributed by atoms with Gasteiger partial charge in [-0.05, 0) is 25.5 Å². The molecule has 1 aromatic rings. The van der Waals surface area contributed by atoms with Crippen LogP contribution in [0.15, 0.2) is 18.2 Å². The van der Waals surface area contributed by atoms with Gasteiger partial charge in [0, 0.05) is 24.6 Å². The number of rotatable bonds is 9. The van der Waals surface area contributed by atoms with Crippen LogP contribution in [-0.2, 0) is 4.79 Å². The molecular formula is C15H23NO5. The summed E-state index contributed by atoms with van der Waals surface area (Å²) < 4.78 is 5.25. The number of carboxylic acid groups (broad SMARTS) is 1. The first-order valence-corrected chi connectivity index (χ1v) is 6.88. The maximum atomic E-state index is 10.7. The van der Waals surface area contributed by atoms with Gasteiger partial charge in [-0.25, -0.2) is 0 Å². The summed E-state index contributed by atoms with van der Waals surface area (Å²) in [4.78, 5) is 10.7. The average molecular weight is 297 g/mol. The molecule has 0 aromatic heterocycles. The van der Waals surface area contributed by atoms with E-state index in [2.05, 4.69) is 5.32 Å². The normalized spacial score (nSPS) is 13.7. The molecule has 1 rings (SSSR count). The van der Waals surface area contributed by atoms with Crippen LogP contribution in [-0.4, -0.2) is 47.6 Å². The smallest absolute Gasteiger partial charge is 0.303 e. The van der Waals surface area contributed by atoms with Crippen molar-refractivity contribution in [1.29, 1.82) is 0 Å². The van der Waals surface area contributed by atoms with E-state index in [0.29, 0.717) is 11.3 Å². The Labute approximate surface area is 124 Å². The SMILES string of the molecule is COc1ccc(C)cc1C(O)C(CCC(=O)O)NCCO. The second-order valence-electron chi connectivity index (χ2n) is 4.91. The van der Waals surface area contributed by atoms with Crippen LogP contribution in [0.3, 0.4) is 0 Å². The standard InChI is InChI=1S/C15H23NO5/c1-10-3-5-13(21-2)11(9-10)15(20)12(16-7-8-17)4-6-14(18)19/h3,5,9,12,15-17,20H,4,6-8H2,1-2H3,(H,18,19). The van der Waals surface area contributed by atoms with Crippen molar-refractivity contribution in [1.82, 2.24) is 5.32 Å². The van der Waals surface area contributed by atoms with E-state index in [9.17, 15) is 9.90 Å². The minimum atomic E-state index is -0.922. The number of aryl methyl sites for hydroxylation is 1. The molecule has 0 saturated carbocycles. The lowest BCUT2D eigenvalue weighted by Gasteiger charge is -2.25. The summed E-state index contributed by atoms with van der Waals surface area (Å²) in [5.74, 6) is -0.367. The summed E-state index contributed by atoms with van der Waals surface area (Å²) in [7, 11) is 1.52. The van der Waals surface area contributed by atoms with Crippen LogP contribution < -0.4 is 10.1 Å². The number of aliphatic hydroxyl groups excluding tert-OH is 2. The highest BCUT2D eigenvalue weighted by molar-refractivity contribution is 5.66. The fourth-order valence-corrected chi connectivity index (χ4v) is 2.20. The predicted molar refractivity (Wildman–Crippen MR) is 78.4 cm³/mol. The van der Waals surface area contributed by atoms with Gasteiger partial charge in [0.2, 0.25) is 0 Å². The number of ether oxygens (including phenoxy) is 1. The lowest BCUT2D eigenvalue weighted by Crippen LogP contribution is -2.37. The predicted octanol–water partition coefficient (Wildman–Crippen LogP) is 0.852. The van der Waals surface area contributed by atoms with E-state index < -0.39 is 18.1 Å². The van der Waals surface area contributed by atoms with Gasteiger partial charge < -0.3 is 25.4 Å². The van der Waals surface area contributed by atoms with Crippen LogP contribution in [0.1, 0.15) is 30.1 Å². The summed E-state index contributed by atoms with van der Waals surface area (Å²) in [5, 5.41) is 31.2. The highest BCUT2D eigenvalue weighted by Crippen LogP contribution is 2.29. The number of carboxylic acids is 1. The number of nitrogens with one attached hydrogen (secondary N) is 1. The molecule has 0 amide bonds. The van der Waals surface area contributed by atoms with E-state index >= 15 is 0 Å². The van der Waals surface area contributed by atoms with Crippen molar-refractivity contribution in [3.05, 3.63) is 29.3 Å². The molecule has 4 N–H and O–H groups in total. The zero-order valence-electron chi connectivity index (χ0n) is 12.4. The van der Waals surface area contributed by atoms with Crippen molar-refractivity contribution in [3.8, 4) is 5.75 Å². The van der Waals surface area contributed by atoms with Gasteiger partial charge in [-0.3, -0.25) is 4.79 Å². The highest BCUT2D eigenvalue weighted by Gasteiger charge is 2.24. The molecule has 0 fully saturated rings. The van der Waals surface area contributed by atoms with Gasteiger partial charge in [-0.15, -0.1) is 0 Å². The molecular weight excluding hydrogens is 274 g/mol. The van der Waals surface area contributed by atoms with E-state index in [4.69, 9.17) is 14.9 Å². The van der Waals surface area contributed by atoms with E-state index in [1.54, 1.807) is 6.07 Å². The Kier molecular flexibility index (Phi) is 7.14. The van der Waals surface area contributed by atoms with Gasteiger partial charge in [0.1, 0.15) is 5.75 Å². The van der Waals surface area contributed by atoms with E-state index in [1.165, 1.54) is 7.11 Å². The molecule has 21 heavy (non-hydrogen) atoms. The summed E-state index contributed by atoms with van der Waals surface area (Å²) in [6.07, 6.45) is -0.715. The first-order valence-electron chi connectivity index (χ1n) is 6.88. The summed E-state index contributed by atoms with van der Waals surface area (Å²) in [6, 6.07) is 5.00. The number of hydrogen-bond acceptors (Lipinski definition) is 5. The molecule has 0 spiro atoms. The van der Waals surface area contributed by atoms with Crippen molar-refractivity contribution in [2.45, 2.75) is 31.9 Å². The van der Waals surface area contributed by atoms with Gasteiger partial charge in [0.25, 0.3) is 0 Å². The molecule has 0 saturated heterocycles. The Hall–Kier alpha value is -1.63. The van der Waals surface area contributed by atoms with Crippen LogP contribution in [0.4, 0.5) is 0 Å². The average Bonchev–Trinajstić information content (AvgIpc) is 2.46. The third kappa shape index (κ3) is 5.34. The number of benzene rings is 1. The van der Waals surface area contributed by atoms with Crippen molar-refractivity contribution in [2.75, 3.05) is 20.3 Å². The van der Waals surface area contributed by atoms with Crippen LogP contribution in [0.25, 0.3) is 0 Å². The second-order valence-corrected chi connectivity index (χ2v) is 4.91. The minimum Gasteiger partial charge on any atom is -0.496 e. The molecule has 0 aliphatic carbocycles. The van der Waals surface area contributed by atoms with Crippen LogP contribution >= 0.6 is 0 Å². The maximum Gasteiger partial charge on any atom is 0.303 e. The maximum absolute atomic E-state index is 10.7. The highest BCUT2D eigenvalue weighted by atomic mass is 16.5. The minimum absolute atomic E-state index is 0.0612. The Bertz CT molecular complexity index is 463. The van der Waals surface area contributed by atoms with Crippen LogP contribution in [0.5, 0.6) is 5.75 Å². The Balaban J connectivity index is 2.94. The van der Waals surface area contributed by atoms with Crippen molar-refractivity contribution >= 4 is 5.97 Å². The lowest BCUT2D eigenvalue weighted by atomic mass is 9.96. The summed E-state index contributed by atoms with van der Waals surface area (Å²) in [6.45, 7) is 2.11. The monoisotopic (exact) mass is 297 g/mol. The molecule has 1 aromatic carbocycles. The van der Waals surface area contributed by atoms with Crippen molar-refractivity contribution in [2.24, 2.45) is 0 Å². The van der Waals surface area contributed by atoms with E-state index in [-0.39, 0.29) is 26.0 Å². The molecule has 118 valence electrons. The molecule has 0 aliphatic rings. The molecule has 2 atom stereocenters. The first kappa shape index (κ1) is 17.4. The topological polar surface area (TPSA) is 99.0 Å². The number of hydrogen-bond donors (Lipinski definition) is 4. The van der Waals surface area contributed by atoms with Crippen LogP contribution in [0.2, 0.25) is 0 Å². The number of aliphatic carboxylic acids is 1. The summed E-state index contributed by atoms with van der Waals surface area (Å²) in [5.41, 5.74) is 1.59. The van der Waals surface area contributed by atoms with Crippen molar-refractivity contribution in [3.63, 3.8) is 0 Å². The Morgan fingerprint density at radius 1 is 1.43 bits per heavy atom. The zero-order chi connectivity index (χ0) is 15.8. The second kappa shape index (κ2) is 8.61. The zero-order valence-corrected chi connectivity index (χ0v) is 12.4. The van der Waals surface area contributed by atoms with Gasteiger partial charge in [0.15, 0.2) is 0 Å².